The van der Waals surface area contributed by atoms with Crippen LogP contribution in [0.15, 0.2) is 60.7 Å². The molecule has 3 aromatic rings. The lowest BCUT2D eigenvalue weighted by atomic mass is 9.86. The zero-order valence-corrected chi connectivity index (χ0v) is 20.8. The van der Waals surface area contributed by atoms with Crippen molar-refractivity contribution in [1.29, 1.82) is 0 Å². The summed E-state index contributed by atoms with van der Waals surface area (Å²) >= 11 is 0. The van der Waals surface area contributed by atoms with Crippen LogP contribution in [0, 0.1) is 5.41 Å². The third-order valence-corrected chi connectivity index (χ3v) is 7.62. The Morgan fingerprint density at radius 2 is 1.86 bits per heavy atom. The van der Waals surface area contributed by atoms with Crippen LogP contribution in [0.3, 0.4) is 0 Å². The fraction of sp³-hybridized carbons (Fsp3) is 0.333. The molecule has 7 nitrogen and oxygen atoms in total. The minimum Gasteiger partial charge on any atom is -0.507 e. The predicted molar refractivity (Wildman–Crippen MR) is 138 cm³/mol. The molecule has 0 radical (unpaired) electrons. The quantitative estimate of drug-likeness (QED) is 0.495. The summed E-state index contributed by atoms with van der Waals surface area (Å²) in [5.41, 5.74) is 3.12. The molecule has 1 aliphatic carbocycles. The van der Waals surface area contributed by atoms with Crippen molar-refractivity contribution in [2.75, 3.05) is 19.7 Å². The highest BCUT2D eigenvalue weighted by Gasteiger charge is 2.49. The molecule has 1 atom stereocenters. The number of benzene rings is 3. The van der Waals surface area contributed by atoms with Gasteiger partial charge in [0.15, 0.2) is 0 Å². The van der Waals surface area contributed by atoms with Crippen LogP contribution in [0.4, 0.5) is 0 Å². The molecule has 1 unspecified atom stereocenters. The second-order valence-corrected chi connectivity index (χ2v) is 10.4. The van der Waals surface area contributed by atoms with Crippen molar-refractivity contribution in [2.45, 2.75) is 38.6 Å². The van der Waals surface area contributed by atoms with Gasteiger partial charge >= 0.3 is 0 Å². The SMILES string of the molecule is CC1(C(=O)N2CCc3cc4ccc3C2c2cccc(c2)OCCCNC(=O)c2cc(ccc2O)O4)CC1. The number of hydrogen-bond acceptors (Lipinski definition) is 5. The molecule has 7 rings (SSSR count). The van der Waals surface area contributed by atoms with Gasteiger partial charge in [-0.1, -0.05) is 25.1 Å². The van der Waals surface area contributed by atoms with E-state index in [1.165, 1.54) is 6.07 Å². The Bertz CT molecular complexity index is 1380. The van der Waals surface area contributed by atoms with Crippen molar-refractivity contribution in [3.63, 3.8) is 0 Å². The molecule has 0 aromatic heterocycles. The van der Waals surface area contributed by atoms with E-state index >= 15 is 0 Å². The standard InChI is InChI=1S/C30H30N2O5/c1-30(11-12-30)29(35)32-14-10-19-16-22-6-8-24(19)27(32)20-4-2-5-21(17-20)36-15-3-13-31-28(34)25-18-23(37-22)7-9-26(25)33/h2,4-9,16-18,27,33H,3,10-15H2,1H3,(H,31,34). The number of aromatic hydroxyl groups is 1. The number of phenolic OH excluding ortho intramolecular Hbond substituents is 1. The highest BCUT2D eigenvalue weighted by molar-refractivity contribution is 5.97. The molecular formula is C30H30N2O5. The lowest BCUT2D eigenvalue weighted by molar-refractivity contribution is -0.138. The Kier molecular flexibility index (Phi) is 5.78. The van der Waals surface area contributed by atoms with E-state index in [-0.39, 0.29) is 34.6 Å². The van der Waals surface area contributed by atoms with Crippen LogP contribution < -0.4 is 14.8 Å². The fourth-order valence-electron chi connectivity index (χ4n) is 5.22. The van der Waals surface area contributed by atoms with Gasteiger partial charge in [-0.25, -0.2) is 0 Å². The number of carbonyl (C=O) groups is 2. The number of hydrogen-bond donors (Lipinski definition) is 2. The number of phenols is 1. The van der Waals surface area contributed by atoms with Crippen molar-refractivity contribution < 1.29 is 24.2 Å². The molecule has 0 spiro atoms. The third-order valence-electron chi connectivity index (χ3n) is 7.62. The summed E-state index contributed by atoms with van der Waals surface area (Å²) < 4.78 is 12.1. The third kappa shape index (κ3) is 4.50. The molecule has 1 fully saturated rings. The van der Waals surface area contributed by atoms with Crippen molar-refractivity contribution in [3.05, 3.63) is 82.9 Å². The van der Waals surface area contributed by atoms with Crippen molar-refractivity contribution in [2.24, 2.45) is 5.41 Å². The number of ether oxygens (including phenoxy) is 2. The number of nitrogens with zero attached hydrogens (tertiary/aromatic N) is 1. The first kappa shape index (κ1) is 23.4. The van der Waals surface area contributed by atoms with E-state index in [0.717, 1.165) is 41.7 Å². The monoisotopic (exact) mass is 498 g/mol. The summed E-state index contributed by atoms with van der Waals surface area (Å²) in [4.78, 5) is 28.3. The maximum absolute atomic E-state index is 13.6. The second-order valence-electron chi connectivity index (χ2n) is 10.4. The van der Waals surface area contributed by atoms with Crippen LogP contribution in [0.5, 0.6) is 23.0 Å². The largest absolute Gasteiger partial charge is 0.507 e. The van der Waals surface area contributed by atoms with Crippen LogP contribution >= 0.6 is 0 Å². The minimum absolute atomic E-state index is 0.102. The number of rotatable bonds is 1. The average molecular weight is 499 g/mol. The molecule has 3 heterocycles. The summed E-state index contributed by atoms with van der Waals surface area (Å²) in [7, 11) is 0. The zero-order valence-electron chi connectivity index (χ0n) is 20.8. The molecule has 190 valence electrons. The topological polar surface area (TPSA) is 88.1 Å². The van der Waals surface area contributed by atoms with Crippen molar-refractivity contribution in [1.82, 2.24) is 10.2 Å². The molecule has 2 amide bonds. The molecule has 3 aliphatic heterocycles. The Hall–Kier alpha value is -4.00. The van der Waals surface area contributed by atoms with E-state index in [2.05, 4.69) is 18.3 Å². The second kappa shape index (κ2) is 9.14. The molecule has 8 bridgehead atoms. The van der Waals surface area contributed by atoms with Crippen molar-refractivity contribution >= 4 is 11.8 Å². The van der Waals surface area contributed by atoms with Gasteiger partial charge in [-0.3, -0.25) is 9.59 Å². The summed E-state index contributed by atoms with van der Waals surface area (Å²) in [6, 6.07) is 18.4. The molecule has 3 aromatic carbocycles. The van der Waals surface area contributed by atoms with Gasteiger partial charge in [-0.2, -0.15) is 0 Å². The van der Waals surface area contributed by atoms with Crippen LogP contribution in [-0.2, 0) is 11.2 Å². The van der Waals surface area contributed by atoms with Crippen LogP contribution in [0.1, 0.15) is 59.3 Å². The average Bonchev–Trinajstić information content (AvgIpc) is 3.66. The van der Waals surface area contributed by atoms with Gasteiger partial charge in [0.05, 0.1) is 18.2 Å². The van der Waals surface area contributed by atoms with Crippen LogP contribution in [-0.4, -0.2) is 41.5 Å². The minimum atomic E-state index is -0.367. The number of carbonyl (C=O) groups excluding carboxylic acids is 2. The summed E-state index contributed by atoms with van der Waals surface area (Å²) in [5, 5.41) is 13.1. The van der Waals surface area contributed by atoms with Gasteiger partial charge in [-0.15, -0.1) is 0 Å². The normalized spacial score (nSPS) is 20.1. The Morgan fingerprint density at radius 1 is 1.05 bits per heavy atom. The zero-order chi connectivity index (χ0) is 25.6. The van der Waals surface area contributed by atoms with Gasteiger partial charge in [0.1, 0.15) is 23.0 Å². The molecule has 0 saturated heterocycles. The maximum atomic E-state index is 13.6. The number of fused-ring (bicyclic) bond motifs is 6. The summed E-state index contributed by atoms with van der Waals surface area (Å²) in [5.74, 6) is 1.58. The lowest BCUT2D eigenvalue weighted by Crippen LogP contribution is -2.43. The van der Waals surface area contributed by atoms with E-state index < -0.39 is 0 Å². The van der Waals surface area contributed by atoms with Crippen LogP contribution in [0.2, 0.25) is 0 Å². The Balaban J connectivity index is 1.43. The van der Waals surface area contributed by atoms with E-state index in [4.69, 9.17) is 9.47 Å². The maximum Gasteiger partial charge on any atom is 0.255 e. The highest BCUT2D eigenvalue weighted by atomic mass is 16.5. The first-order valence-corrected chi connectivity index (χ1v) is 12.9. The fourth-order valence-corrected chi connectivity index (χ4v) is 5.22. The van der Waals surface area contributed by atoms with E-state index in [9.17, 15) is 14.7 Å². The van der Waals surface area contributed by atoms with E-state index in [0.29, 0.717) is 37.6 Å². The van der Waals surface area contributed by atoms with Gasteiger partial charge in [0.2, 0.25) is 5.91 Å². The van der Waals surface area contributed by atoms with Gasteiger partial charge in [0.25, 0.3) is 5.91 Å². The molecule has 37 heavy (non-hydrogen) atoms. The number of amides is 2. The smallest absolute Gasteiger partial charge is 0.255 e. The summed E-state index contributed by atoms with van der Waals surface area (Å²) in [6.07, 6.45) is 3.19. The number of nitrogens with one attached hydrogen (secondary N) is 1. The first-order chi connectivity index (χ1) is 17.9. The Labute approximate surface area is 216 Å². The van der Waals surface area contributed by atoms with E-state index in [1.807, 2.05) is 41.3 Å². The molecule has 2 N–H and O–H groups in total. The molecule has 4 aliphatic rings. The van der Waals surface area contributed by atoms with Crippen LogP contribution in [0.25, 0.3) is 0 Å². The molecule has 7 heteroatoms. The van der Waals surface area contributed by atoms with Gasteiger partial charge < -0.3 is 24.8 Å². The molecular weight excluding hydrogens is 468 g/mol. The first-order valence-electron chi connectivity index (χ1n) is 12.9. The van der Waals surface area contributed by atoms with Gasteiger partial charge in [0, 0.05) is 18.5 Å². The van der Waals surface area contributed by atoms with Crippen molar-refractivity contribution in [3.8, 4) is 23.0 Å². The highest BCUT2D eigenvalue weighted by Crippen LogP contribution is 2.49. The van der Waals surface area contributed by atoms with Gasteiger partial charge in [-0.05, 0) is 84.8 Å². The molecule has 1 saturated carbocycles. The lowest BCUT2D eigenvalue weighted by Gasteiger charge is -2.39. The van der Waals surface area contributed by atoms with E-state index in [1.54, 1.807) is 12.1 Å². The Morgan fingerprint density at radius 3 is 2.70 bits per heavy atom. The summed E-state index contributed by atoms with van der Waals surface area (Å²) in [6.45, 7) is 3.51. The predicted octanol–water partition coefficient (Wildman–Crippen LogP) is 4.97.